The van der Waals surface area contributed by atoms with E-state index in [0.29, 0.717) is 0 Å². The van der Waals surface area contributed by atoms with Crippen molar-refractivity contribution in [1.29, 1.82) is 0 Å². The molecular formula is C8H6N4. The van der Waals surface area contributed by atoms with Gasteiger partial charge in [-0.25, -0.2) is 4.98 Å². The first-order chi connectivity index (χ1) is 5.95. The second kappa shape index (κ2) is 1.85. The molecular weight excluding hydrogens is 152 g/mol. The summed E-state index contributed by atoms with van der Waals surface area (Å²) in [5.74, 6) is 0. The van der Waals surface area contributed by atoms with Crippen LogP contribution in [0.5, 0.6) is 0 Å². The Bertz CT molecular complexity index is 533. The van der Waals surface area contributed by atoms with Gasteiger partial charge in [-0.05, 0) is 12.1 Å². The SMILES string of the molecule is c1cnc2c(c1)[nH]c1ccnn12. The first-order valence-corrected chi connectivity index (χ1v) is 3.71. The van der Waals surface area contributed by atoms with E-state index in [1.54, 1.807) is 16.9 Å². The monoisotopic (exact) mass is 158 g/mol. The second-order valence-electron chi connectivity index (χ2n) is 2.63. The highest BCUT2D eigenvalue weighted by Gasteiger charge is 2.02. The summed E-state index contributed by atoms with van der Waals surface area (Å²) in [7, 11) is 0. The molecule has 0 radical (unpaired) electrons. The summed E-state index contributed by atoms with van der Waals surface area (Å²) in [6, 6.07) is 5.80. The van der Waals surface area contributed by atoms with Gasteiger partial charge in [-0.15, -0.1) is 0 Å². The van der Waals surface area contributed by atoms with Crippen LogP contribution in [-0.2, 0) is 0 Å². The molecule has 0 saturated heterocycles. The zero-order valence-electron chi connectivity index (χ0n) is 6.23. The van der Waals surface area contributed by atoms with Crippen LogP contribution in [0.2, 0.25) is 0 Å². The van der Waals surface area contributed by atoms with Gasteiger partial charge in [-0.2, -0.15) is 9.61 Å². The number of hydrogen-bond acceptors (Lipinski definition) is 2. The summed E-state index contributed by atoms with van der Waals surface area (Å²) in [5, 5.41) is 4.13. The van der Waals surface area contributed by atoms with E-state index in [9.17, 15) is 0 Å². The fraction of sp³-hybridized carbons (Fsp3) is 0. The zero-order chi connectivity index (χ0) is 7.97. The third-order valence-corrected chi connectivity index (χ3v) is 1.89. The molecule has 0 bridgehead atoms. The molecule has 0 unspecified atom stereocenters. The predicted molar refractivity (Wildman–Crippen MR) is 44.8 cm³/mol. The summed E-state index contributed by atoms with van der Waals surface area (Å²) in [6.45, 7) is 0. The van der Waals surface area contributed by atoms with Gasteiger partial charge in [0.1, 0.15) is 5.65 Å². The number of fused-ring (bicyclic) bond motifs is 3. The summed E-state index contributed by atoms with van der Waals surface area (Å²) < 4.78 is 1.79. The largest absolute Gasteiger partial charge is 0.337 e. The molecule has 0 saturated carbocycles. The molecule has 0 aliphatic rings. The standard InChI is InChI=1S/C8H6N4/c1-2-6-8(9-4-1)12-7(11-6)3-5-10-12/h1-5,11H. The van der Waals surface area contributed by atoms with Crippen molar-refractivity contribution < 1.29 is 0 Å². The molecule has 3 heterocycles. The Morgan fingerprint density at radius 2 is 2.25 bits per heavy atom. The van der Waals surface area contributed by atoms with Crippen molar-refractivity contribution in [2.75, 3.05) is 0 Å². The first-order valence-electron chi connectivity index (χ1n) is 3.71. The number of rotatable bonds is 0. The number of nitrogens with zero attached hydrogens (tertiary/aromatic N) is 3. The highest BCUT2D eigenvalue weighted by Crippen LogP contribution is 2.11. The van der Waals surface area contributed by atoms with Gasteiger partial charge in [0.25, 0.3) is 0 Å². The smallest absolute Gasteiger partial charge is 0.179 e. The molecule has 58 valence electrons. The minimum atomic E-state index is 0.873. The molecule has 0 atom stereocenters. The maximum absolute atomic E-state index is 4.21. The minimum absolute atomic E-state index is 0.873. The average Bonchev–Trinajstić information content (AvgIpc) is 2.62. The first kappa shape index (κ1) is 5.77. The van der Waals surface area contributed by atoms with Crippen molar-refractivity contribution in [3.8, 4) is 0 Å². The van der Waals surface area contributed by atoms with E-state index in [1.807, 2.05) is 18.2 Å². The average molecular weight is 158 g/mol. The molecule has 3 aromatic heterocycles. The molecule has 1 N–H and O–H groups in total. The normalized spacial score (nSPS) is 11.3. The van der Waals surface area contributed by atoms with Crippen LogP contribution < -0.4 is 0 Å². The third kappa shape index (κ3) is 0.567. The number of aromatic nitrogens is 4. The Balaban J connectivity index is 2.68. The molecule has 0 aliphatic carbocycles. The van der Waals surface area contributed by atoms with E-state index >= 15 is 0 Å². The maximum atomic E-state index is 4.21. The van der Waals surface area contributed by atoms with E-state index in [0.717, 1.165) is 16.8 Å². The highest BCUT2D eigenvalue weighted by atomic mass is 15.3. The third-order valence-electron chi connectivity index (χ3n) is 1.89. The molecule has 0 spiro atoms. The molecule has 3 rings (SSSR count). The number of H-pyrrole nitrogens is 1. The molecule has 0 amide bonds. The lowest BCUT2D eigenvalue weighted by molar-refractivity contribution is 0.989. The predicted octanol–water partition coefficient (Wildman–Crippen LogP) is 1.21. The molecule has 0 aromatic carbocycles. The Labute approximate surface area is 67.8 Å². The summed E-state index contributed by atoms with van der Waals surface area (Å²) in [5.41, 5.74) is 2.86. The van der Waals surface area contributed by atoms with Gasteiger partial charge >= 0.3 is 0 Å². The highest BCUT2D eigenvalue weighted by molar-refractivity contribution is 5.75. The Kier molecular flexibility index (Phi) is 0.889. The topological polar surface area (TPSA) is 46.0 Å². The lowest BCUT2D eigenvalue weighted by atomic mass is 10.4. The number of imidazole rings is 1. The van der Waals surface area contributed by atoms with Crippen LogP contribution in [0.3, 0.4) is 0 Å². The van der Waals surface area contributed by atoms with Gasteiger partial charge in [0.2, 0.25) is 0 Å². The van der Waals surface area contributed by atoms with Crippen LogP contribution in [0.1, 0.15) is 0 Å². The van der Waals surface area contributed by atoms with Crippen molar-refractivity contribution in [2.45, 2.75) is 0 Å². The van der Waals surface area contributed by atoms with Crippen LogP contribution in [0, 0.1) is 0 Å². The van der Waals surface area contributed by atoms with E-state index in [2.05, 4.69) is 15.1 Å². The number of hydrogen-bond donors (Lipinski definition) is 1. The van der Waals surface area contributed by atoms with Gasteiger partial charge in [0.15, 0.2) is 5.65 Å². The quantitative estimate of drug-likeness (QED) is 0.534. The molecule has 12 heavy (non-hydrogen) atoms. The number of aromatic amines is 1. The number of nitrogens with one attached hydrogen (secondary N) is 1. The summed E-state index contributed by atoms with van der Waals surface area (Å²) in [6.07, 6.45) is 3.51. The van der Waals surface area contributed by atoms with Crippen molar-refractivity contribution in [2.24, 2.45) is 0 Å². The Hall–Kier alpha value is -1.84. The molecule has 0 aliphatic heterocycles. The van der Waals surface area contributed by atoms with E-state index < -0.39 is 0 Å². The lowest BCUT2D eigenvalue weighted by Crippen LogP contribution is -1.83. The van der Waals surface area contributed by atoms with Crippen LogP contribution in [-0.4, -0.2) is 19.6 Å². The van der Waals surface area contributed by atoms with Gasteiger partial charge in [-0.1, -0.05) is 0 Å². The summed E-state index contributed by atoms with van der Waals surface area (Å²) >= 11 is 0. The molecule has 0 fully saturated rings. The maximum Gasteiger partial charge on any atom is 0.179 e. The molecule has 4 heteroatoms. The van der Waals surface area contributed by atoms with Gasteiger partial charge in [0, 0.05) is 12.3 Å². The van der Waals surface area contributed by atoms with Crippen molar-refractivity contribution in [3.05, 3.63) is 30.6 Å². The second-order valence-corrected chi connectivity index (χ2v) is 2.63. The van der Waals surface area contributed by atoms with Crippen LogP contribution in [0.4, 0.5) is 0 Å². The zero-order valence-corrected chi connectivity index (χ0v) is 6.23. The van der Waals surface area contributed by atoms with Crippen LogP contribution in [0.15, 0.2) is 30.6 Å². The molecule has 3 aromatic rings. The van der Waals surface area contributed by atoms with Gasteiger partial charge < -0.3 is 4.98 Å². The van der Waals surface area contributed by atoms with E-state index in [4.69, 9.17) is 0 Å². The fourth-order valence-electron chi connectivity index (χ4n) is 1.37. The Morgan fingerprint density at radius 3 is 3.25 bits per heavy atom. The van der Waals surface area contributed by atoms with E-state index in [1.165, 1.54) is 0 Å². The van der Waals surface area contributed by atoms with Crippen molar-refractivity contribution >= 4 is 16.8 Å². The summed E-state index contributed by atoms with van der Waals surface area (Å²) in [4.78, 5) is 7.41. The fourth-order valence-corrected chi connectivity index (χ4v) is 1.37. The van der Waals surface area contributed by atoms with Gasteiger partial charge in [0.05, 0.1) is 11.7 Å². The number of pyridine rings is 1. The minimum Gasteiger partial charge on any atom is -0.337 e. The lowest BCUT2D eigenvalue weighted by Gasteiger charge is -1.85. The van der Waals surface area contributed by atoms with Crippen LogP contribution >= 0.6 is 0 Å². The van der Waals surface area contributed by atoms with Crippen molar-refractivity contribution in [1.82, 2.24) is 19.6 Å². The molecule has 4 nitrogen and oxygen atoms in total. The van der Waals surface area contributed by atoms with E-state index in [-0.39, 0.29) is 0 Å². The van der Waals surface area contributed by atoms with Gasteiger partial charge in [-0.3, -0.25) is 0 Å². The Morgan fingerprint density at radius 1 is 1.25 bits per heavy atom. The van der Waals surface area contributed by atoms with Crippen LogP contribution in [0.25, 0.3) is 16.8 Å². The van der Waals surface area contributed by atoms with Crippen molar-refractivity contribution in [3.63, 3.8) is 0 Å².